The van der Waals surface area contributed by atoms with E-state index in [1.165, 1.54) is 69.9 Å². The van der Waals surface area contributed by atoms with E-state index in [0.717, 1.165) is 37.3 Å². The van der Waals surface area contributed by atoms with Gasteiger partial charge in [-0.2, -0.15) is 0 Å². The first-order valence-corrected chi connectivity index (χ1v) is 19.1. The predicted molar refractivity (Wildman–Crippen MR) is 207 cm³/mol. The lowest BCUT2D eigenvalue weighted by Crippen LogP contribution is -2.32. The number of hydrogen-bond acceptors (Lipinski definition) is 7. The Morgan fingerprint density at radius 3 is 1.31 bits per heavy atom. The fourth-order valence-electron chi connectivity index (χ4n) is 5.72. The summed E-state index contributed by atoms with van der Waals surface area (Å²) in [5, 5.41) is 0. The molecular weight excluding hydrogens is 652 g/mol. The molecule has 52 heavy (non-hydrogen) atoms. The van der Waals surface area contributed by atoms with Crippen LogP contribution in [0.15, 0.2) is 97.3 Å². The van der Waals surface area contributed by atoms with Crippen LogP contribution >= 0.6 is 0 Å². The molecule has 0 saturated heterocycles. The number of nitrogens with zero attached hydrogens (tertiary/aromatic N) is 2. The summed E-state index contributed by atoms with van der Waals surface area (Å²) in [7, 11) is 4.12. The number of esters is 2. The van der Waals surface area contributed by atoms with E-state index in [1.807, 2.05) is 0 Å². The summed E-state index contributed by atoms with van der Waals surface area (Å²) in [5.74, 6) is 1.22. The van der Waals surface area contributed by atoms with Gasteiger partial charge in [-0.1, -0.05) is 64.7 Å². The minimum atomic E-state index is -0.476. The van der Waals surface area contributed by atoms with Gasteiger partial charge >= 0.3 is 11.9 Å². The van der Waals surface area contributed by atoms with E-state index in [0.29, 0.717) is 35.8 Å². The first kappa shape index (κ1) is 39.9. The Kier molecular flexibility index (Phi) is 17.6. The van der Waals surface area contributed by atoms with E-state index in [-0.39, 0.29) is 0 Å². The van der Waals surface area contributed by atoms with Crippen molar-refractivity contribution in [3.63, 3.8) is 0 Å². The normalized spacial score (nSPS) is 10.8. The number of carbonyl (C=O) groups is 2. The SMILES string of the molecule is CCCCCCCCOc1ccc(C(=O)Oc2ccc(OC(=O)c3ccc(OCCCCCCCCC[n+]4ccc(N(C)C)cc4)cc3)cc2)cc1. The molecule has 0 aliphatic heterocycles. The van der Waals surface area contributed by atoms with Gasteiger partial charge in [0.2, 0.25) is 0 Å². The molecule has 8 nitrogen and oxygen atoms in total. The van der Waals surface area contributed by atoms with E-state index in [4.69, 9.17) is 18.9 Å². The molecule has 0 saturated carbocycles. The van der Waals surface area contributed by atoms with Gasteiger partial charge in [0, 0.05) is 38.3 Å². The highest BCUT2D eigenvalue weighted by atomic mass is 16.5. The summed E-state index contributed by atoms with van der Waals surface area (Å²) in [6.07, 6.45) is 19.9. The molecule has 0 aliphatic carbocycles. The van der Waals surface area contributed by atoms with Gasteiger partial charge in [-0.15, -0.1) is 0 Å². The summed E-state index contributed by atoms with van der Waals surface area (Å²) in [6, 6.07) is 24.7. The van der Waals surface area contributed by atoms with Crippen LogP contribution in [-0.2, 0) is 6.54 Å². The Balaban J connectivity index is 1.05. The first-order chi connectivity index (χ1) is 25.4. The molecule has 278 valence electrons. The molecule has 0 N–H and O–H groups in total. The summed E-state index contributed by atoms with van der Waals surface area (Å²) in [6.45, 7) is 4.60. The zero-order chi connectivity index (χ0) is 36.8. The fourth-order valence-corrected chi connectivity index (χ4v) is 5.72. The highest BCUT2D eigenvalue weighted by molar-refractivity contribution is 5.92. The number of benzene rings is 3. The number of rotatable bonds is 24. The lowest BCUT2D eigenvalue weighted by molar-refractivity contribution is -0.697. The van der Waals surface area contributed by atoms with Crippen LogP contribution in [0.4, 0.5) is 5.69 Å². The van der Waals surface area contributed by atoms with Gasteiger partial charge in [-0.05, 0) is 92.1 Å². The Morgan fingerprint density at radius 1 is 0.500 bits per heavy atom. The molecule has 4 rings (SSSR count). The summed E-state index contributed by atoms with van der Waals surface area (Å²) >= 11 is 0. The van der Waals surface area contributed by atoms with Gasteiger partial charge in [0.15, 0.2) is 12.4 Å². The average molecular weight is 710 g/mol. The van der Waals surface area contributed by atoms with Crippen LogP contribution in [0.5, 0.6) is 23.0 Å². The van der Waals surface area contributed by atoms with Crippen molar-refractivity contribution < 1.29 is 33.1 Å². The maximum absolute atomic E-state index is 12.7. The molecule has 0 atom stereocenters. The third-order valence-electron chi connectivity index (χ3n) is 8.91. The largest absolute Gasteiger partial charge is 0.494 e. The second kappa shape index (κ2) is 22.9. The summed E-state index contributed by atoms with van der Waals surface area (Å²) < 4.78 is 25.0. The van der Waals surface area contributed by atoms with E-state index in [9.17, 15) is 9.59 Å². The molecule has 0 bridgehead atoms. The molecular formula is C44H57N2O6+. The third kappa shape index (κ3) is 14.8. The smallest absolute Gasteiger partial charge is 0.343 e. The fraction of sp³-hybridized carbons (Fsp3) is 0.432. The minimum absolute atomic E-state index is 0.353. The van der Waals surface area contributed by atoms with E-state index in [1.54, 1.807) is 72.8 Å². The van der Waals surface area contributed by atoms with Crippen LogP contribution in [-0.4, -0.2) is 39.2 Å². The molecule has 0 unspecified atom stereocenters. The number of aryl methyl sites for hydroxylation is 1. The van der Waals surface area contributed by atoms with Crippen molar-refractivity contribution in [3.05, 3.63) is 108 Å². The van der Waals surface area contributed by atoms with E-state index in [2.05, 4.69) is 55.0 Å². The van der Waals surface area contributed by atoms with Crippen molar-refractivity contribution in [1.82, 2.24) is 0 Å². The molecule has 1 heterocycles. The minimum Gasteiger partial charge on any atom is -0.494 e. The second-order valence-electron chi connectivity index (χ2n) is 13.4. The number of anilines is 1. The van der Waals surface area contributed by atoms with E-state index >= 15 is 0 Å². The standard InChI is InChI=1S/C44H57N2O6/c1-4-5-6-7-12-15-34-49-39-21-17-36(18-22-39)43(47)51-41-25-27-42(28-26-41)52-44(48)37-19-23-40(24-20-37)50-35-16-13-10-8-9-11-14-31-46-32-29-38(30-33-46)45(2)3/h17-30,32-33H,4-16,31,34-35H2,1-3H3/q+1. The second-order valence-corrected chi connectivity index (χ2v) is 13.4. The van der Waals surface area contributed by atoms with Gasteiger partial charge in [0.1, 0.15) is 29.5 Å². The van der Waals surface area contributed by atoms with Gasteiger partial charge in [-0.25, -0.2) is 14.2 Å². The number of unbranched alkanes of at least 4 members (excludes halogenated alkanes) is 11. The molecule has 0 fully saturated rings. The third-order valence-corrected chi connectivity index (χ3v) is 8.91. The molecule has 0 amide bonds. The van der Waals surface area contributed by atoms with Gasteiger partial charge < -0.3 is 23.8 Å². The highest BCUT2D eigenvalue weighted by Crippen LogP contribution is 2.22. The number of ether oxygens (including phenoxy) is 4. The first-order valence-electron chi connectivity index (χ1n) is 19.1. The topological polar surface area (TPSA) is 78.2 Å². The van der Waals surface area contributed by atoms with Crippen molar-refractivity contribution in [2.24, 2.45) is 0 Å². The molecule has 1 aromatic heterocycles. The van der Waals surface area contributed by atoms with Crippen LogP contribution in [0.1, 0.15) is 111 Å². The Bertz CT molecular complexity index is 1590. The van der Waals surface area contributed by atoms with Crippen molar-refractivity contribution in [1.29, 1.82) is 0 Å². The van der Waals surface area contributed by atoms with E-state index < -0.39 is 11.9 Å². The maximum atomic E-state index is 12.7. The van der Waals surface area contributed by atoms with Crippen molar-refractivity contribution in [2.45, 2.75) is 96.9 Å². The van der Waals surface area contributed by atoms with Gasteiger partial charge in [0.05, 0.1) is 24.3 Å². The lowest BCUT2D eigenvalue weighted by atomic mass is 10.1. The molecule has 0 spiro atoms. The Hall–Kier alpha value is -4.85. The number of aromatic nitrogens is 1. The van der Waals surface area contributed by atoms with Gasteiger partial charge in [0.25, 0.3) is 0 Å². The molecule has 3 aromatic carbocycles. The average Bonchev–Trinajstić information content (AvgIpc) is 3.16. The van der Waals surface area contributed by atoms with Crippen LogP contribution in [0.25, 0.3) is 0 Å². The summed E-state index contributed by atoms with van der Waals surface area (Å²) in [5.41, 5.74) is 2.07. The zero-order valence-corrected chi connectivity index (χ0v) is 31.4. The predicted octanol–water partition coefficient (Wildman–Crippen LogP) is 10.0. The number of hydrogen-bond donors (Lipinski definition) is 0. The van der Waals surface area contributed by atoms with Gasteiger partial charge in [-0.3, -0.25) is 0 Å². The van der Waals surface area contributed by atoms with Crippen LogP contribution < -0.4 is 28.4 Å². The Morgan fingerprint density at radius 2 is 0.885 bits per heavy atom. The molecule has 8 heteroatoms. The van der Waals surface area contributed by atoms with Crippen LogP contribution in [0.2, 0.25) is 0 Å². The molecule has 4 aromatic rings. The number of pyridine rings is 1. The van der Waals surface area contributed by atoms with Crippen LogP contribution in [0.3, 0.4) is 0 Å². The van der Waals surface area contributed by atoms with Crippen molar-refractivity contribution >= 4 is 17.6 Å². The highest BCUT2D eigenvalue weighted by Gasteiger charge is 2.12. The lowest BCUT2D eigenvalue weighted by Gasteiger charge is -2.10. The summed E-state index contributed by atoms with van der Waals surface area (Å²) in [4.78, 5) is 27.5. The monoisotopic (exact) mass is 709 g/mol. The number of carbonyl (C=O) groups excluding carboxylic acids is 2. The maximum Gasteiger partial charge on any atom is 0.343 e. The Labute approximate surface area is 310 Å². The van der Waals surface area contributed by atoms with Crippen molar-refractivity contribution in [3.8, 4) is 23.0 Å². The molecule has 0 radical (unpaired) electrons. The van der Waals surface area contributed by atoms with Crippen LogP contribution in [0, 0.1) is 0 Å². The molecule has 0 aliphatic rings. The zero-order valence-electron chi connectivity index (χ0n) is 31.4. The quantitative estimate of drug-likeness (QED) is 0.0310. The van der Waals surface area contributed by atoms with Crippen molar-refractivity contribution in [2.75, 3.05) is 32.2 Å².